The van der Waals surface area contributed by atoms with Crippen LogP contribution in [-0.4, -0.2) is 19.1 Å². The third-order valence-electron chi connectivity index (χ3n) is 2.88. The summed E-state index contributed by atoms with van der Waals surface area (Å²) in [5.74, 6) is 0.690. The highest BCUT2D eigenvalue weighted by molar-refractivity contribution is 5.91. The van der Waals surface area contributed by atoms with Crippen molar-refractivity contribution < 1.29 is 9.53 Å². The Balaban J connectivity index is 1.70. The molecular weight excluding hydrogens is 262 g/mol. The molecule has 1 amide bonds. The SMILES string of the molecule is Cc1cccc(/C=C/C(=O)NCCOc2ccccc2)c1. The molecule has 0 spiro atoms. The van der Waals surface area contributed by atoms with Gasteiger partial charge in [-0.15, -0.1) is 0 Å². The molecule has 0 radical (unpaired) electrons. The second kappa shape index (κ2) is 7.90. The largest absolute Gasteiger partial charge is 0.492 e. The maximum atomic E-state index is 11.7. The van der Waals surface area contributed by atoms with E-state index < -0.39 is 0 Å². The van der Waals surface area contributed by atoms with E-state index in [1.807, 2.05) is 61.5 Å². The lowest BCUT2D eigenvalue weighted by molar-refractivity contribution is -0.116. The molecule has 2 rings (SSSR count). The predicted molar refractivity (Wildman–Crippen MR) is 85.2 cm³/mol. The van der Waals surface area contributed by atoms with E-state index in [-0.39, 0.29) is 5.91 Å². The third kappa shape index (κ3) is 5.53. The number of amides is 1. The Morgan fingerprint density at radius 1 is 1.14 bits per heavy atom. The van der Waals surface area contributed by atoms with Gasteiger partial charge >= 0.3 is 0 Å². The van der Waals surface area contributed by atoms with Crippen molar-refractivity contribution >= 4 is 12.0 Å². The first kappa shape index (κ1) is 14.9. The van der Waals surface area contributed by atoms with Crippen molar-refractivity contribution in [2.45, 2.75) is 6.92 Å². The van der Waals surface area contributed by atoms with Crippen LogP contribution in [0.2, 0.25) is 0 Å². The zero-order chi connectivity index (χ0) is 14.9. The highest BCUT2D eigenvalue weighted by Crippen LogP contribution is 2.07. The molecule has 3 heteroatoms. The van der Waals surface area contributed by atoms with Crippen LogP contribution in [0.25, 0.3) is 6.08 Å². The zero-order valence-corrected chi connectivity index (χ0v) is 12.1. The van der Waals surface area contributed by atoms with Crippen LogP contribution in [0, 0.1) is 6.92 Å². The lowest BCUT2D eigenvalue weighted by Gasteiger charge is -2.06. The summed E-state index contributed by atoms with van der Waals surface area (Å²) < 4.78 is 5.50. The average molecular weight is 281 g/mol. The summed E-state index contributed by atoms with van der Waals surface area (Å²) in [6, 6.07) is 17.5. The Kier molecular flexibility index (Phi) is 5.59. The highest BCUT2D eigenvalue weighted by atomic mass is 16.5. The first-order valence-electron chi connectivity index (χ1n) is 6.94. The molecule has 0 aliphatic heterocycles. The van der Waals surface area contributed by atoms with E-state index in [1.165, 1.54) is 11.6 Å². The number of aryl methyl sites for hydroxylation is 1. The number of para-hydroxylation sites is 1. The highest BCUT2D eigenvalue weighted by Gasteiger charge is 1.96. The maximum absolute atomic E-state index is 11.7. The second-order valence-electron chi connectivity index (χ2n) is 4.70. The van der Waals surface area contributed by atoms with Gasteiger partial charge in [0.25, 0.3) is 0 Å². The van der Waals surface area contributed by atoms with Crippen molar-refractivity contribution in [1.29, 1.82) is 0 Å². The zero-order valence-electron chi connectivity index (χ0n) is 12.1. The molecule has 0 saturated carbocycles. The fraction of sp³-hybridized carbons (Fsp3) is 0.167. The van der Waals surface area contributed by atoms with E-state index in [0.717, 1.165) is 11.3 Å². The number of nitrogens with one attached hydrogen (secondary N) is 1. The molecule has 108 valence electrons. The predicted octanol–water partition coefficient (Wildman–Crippen LogP) is 3.20. The quantitative estimate of drug-likeness (QED) is 0.652. The number of carbonyl (C=O) groups excluding carboxylic acids is 1. The molecule has 2 aromatic carbocycles. The van der Waals surface area contributed by atoms with E-state index in [9.17, 15) is 4.79 Å². The van der Waals surface area contributed by atoms with E-state index >= 15 is 0 Å². The van der Waals surface area contributed by atoms with Crippen molar-refractivity contribution in [3.63, 3.8) is 0 Å². The van der Waals surface area contributed by atoms with Gasteiger partial charge in [0.15, 0.2) is 0 Å². The van der Waals surface area contributed by atoms with Gasteiger partial charge in [-0.05, 0) is 30.7 Å². The first-order chi connectivity index (χ1) is 10.2. The summed E-state index contributed by atoms with van der Waals surface area (Å²) in [6.07, 6.45) is 3.34. The van der Waals surface area contributed by atoms with Crippen molar-refractivity contribution in [3.8, 4) is 5.75 Å². The van der Waals surface area contributed by atoms with Crippen molar-refractivity contribution in [1.82, 2.24) is 5.32 Å². The normalized spacial score (nSPS) is 10.5. The molecule has 0 aliphatic carbocycles. The molecule has 0 fully saturated rings. The van der Waals surface area contributed by atoms with Gasteiger partial charge in [-0.2, -0.15) is 0 Å². The number of hydrogen-bond acceptors (Lipinski definition) is 2. The third-order valence-corrected chi connectivity index (χ3v) is 2.88. The number of ether oxygens (including phenoxy) is 1. The monoisotopic (exact) mass is 281 g/mol. The standard InChI is InChI=1S/C18H19NO2/c1-15-6-5-7-16(14-15)10-11-18(20)19-12-13-21-17-8-3-2-4-9-17/h2-11,14H,12-13H2,1H3,(H,19,20)/b11-10+. The molecule has 3 nitrogen and oxygen atoms in total. The Morgan fingerprint density at radius 2 is 1.95 bits per heavy atom. The minimum atomic E-state index is -0.117. The van der Waals surface area contributed by atoms with Gasteiger partial charge in [-0.1, -0.05) is 48.0 Å². The van der Waals surface area contributed by atoms with Gasteiger partial charge in [0.05, 0.1) is 6.54 Å². The Hall–Kier alpha value is -2.55. The van der Waals surface area contributed by atoms with Gasteiger partial charge in [0, 0.05) is 6.08 Å². The second-order valence-corrected chi connectivity index (χ2v) is 4.70. The topological polar surface area (TPSA) is 38.3 Å². The smallest absolute Gasteiger partial charge is 0.244 e. The molecular formula is C18H19NO2. The average Bonchev–Trinajstić information content (AvgIpc) is 2.51. The molecule has 0 unspecified atom stereocenters. The first-order valence-corrected chi connectivity index (χ1v) is 6.94. The van der Waals surface area contributed by atoms with Crippen molar-refractivity contribution in [2.24, 2.45) is 0 Å². The number of carbonyl (C=O) groups is 1. The molecule has 0 aliphatic rings. The summed E-state index contributed by atoms with van der Waals surface area (Å²) in [5.41, 5.74) is 2.19. The molecule has 2 aromatic rings. The number of rotatable bonds is 6. The van der Waals surface area contributed by atoms with Crippen molar-refractivity contribution in [3.05, 3.63) is 71.8 Å². The van der Waals surface area contributed by atoms with Crippen LogP contribution in [0.1, 0.15) is 11.1 Å². The Morgan fingerprint density at radius 3 is 2.71 bits per heavy atom. The molecule has 0 saturated heterocycles. The summed E-state index contributed by atoms with van der Waals surface area (Å²) in [6.45, 7) is 2.96. The molecule has 0 bridgehead atoms. The van der Waals surface area contributed by atoms with E-state index in [1.54, 1.807) is 6.08 Å². The molecule has 0 atom stereocenters. The Bertz CT molecular complexity index is 606. The van der Waals surface area contributed by atoms with Gasteiger partial charge < -0.3 is 10.1 Å². The molecule has 1 N–H and O–H groups in total. The van der Waals surface area contributed by atoms with Crippen LogP contribution in [0.3, 0.4) is 0 Å². The van der Waals surface area contributed by atoms with E-state index in [2.05, 4.69) is 5.32 Å². The van der Waals surface area contributed by atoms with Gasteiger partial charge in [0.2, 0.25) is 5.91 Å². The van der Waals surface area contributed by atoms with Crippen LogP contribution < -0.4 is 10.1 Å². The number of benzene rings is 2. The van der Waals surface area contributed by atoms with E-state index in [4.69, 9.17) is 4.74 Å². The van der Waals surface area contributed by atoms with Gasteiger partial charge in [-0.3, -0.25) is 4.79 Å². The van der Waals surface area contributed by atoms with Crippen LogP contribution in [0.4, 0.5) is 0 Å². The molecule has 0 heterocycles. The summed E-state index contributed by atoms with van der Waals surface area (Å²) in [5, 5.41) is 2.79. The summed E-state index contributed by atoms with van der Waals surface area (Å²) in [7, 11) is 0. The summed E-state index contributed by atoms with van der Waals surface area (Å²) in [4.78, 5) is 11.7. The van der Waals surface area contributed by atoms with Crippen molar-refractivity contribution in [2.75, 3.05) is 13.2 Å². The minimum Gasteiger partial charge on any atom is -0.492 e. The van der Waals surface area contributed by atoms with E-state index in [0.29, 0.717) is 13.2 Å². The van der Waals surface area contributed by atoms with Crippen LogP contribution >= 0.6 is 0 Å². The summed E-state index contributed by atoms with van der Waals surface area (Å²) >= 11 is 0. The maximum Gasteiger partial charge on any atom is 0.244 e. The fourth-order valence-electron chi connectivity index (χ4n) is 1.86. The van der Waals surface area contributed by atoms with Crippen LogP contribution in [0.5, 0.6) is 5.75 Å². The number of hydrogen-bond donors (Lipinski definition) is 1. The minimum absolute atomic E-state index is 0.117. The molecule has 21 heavy (non-hydrogen) atoms. The molecule has 0 aromatic heterocycles. The van der Waals surface area contributed by atoms with Crippen LogP contribution in [0.15, 0.2) is 60.7 Å². The lowest BCUT2D eigenvalue weighted by atomic mass is 10.1. The Labute approximate surface area is 125 Å². The lowest BCUT2D eigenvalue weighted by Crippen LogP contribution is -2.26. The van der Waals surface area contributed by atoms with Gasteiger partial charge in [0.1, 0.15) is 12.4 Å². The fourth-order valence-corrected chi connectivity index (χ4v) is 1.86. The van der Waals surface area contributed by atoms with Crippen LogP contribution in [-0.2, 0) is 4.79 Å². The van der Waals surface area contributed by atoms with Gasteiger partial charge in [-0.25, -0.2) is 0 Å².